The lowest BCUT2D eigenvalue weighted by atomic mass is 10.1. The minimum absolute atomic E-state index is 0.660. The molecule has 0 atom stereocenters. The van der Waals surface area contributed by atoms with Crippen LogP contribution in [0.5, 0.6) is 0 Å². The number of H-pyrrole nitrogens is 1. The first kappa shape index (κ1) is 13.2. The van der Waals surface area contributed by atoms with E-state index in [0.717, 1.165) is 28.3 Å². The molecule has 3 aromatic rings. The zero-order valence-corrected chi connectivity index (χ0v) is 11.8. The molecule has 1 aromatic heterocycles. The van der Waals surface area contributed by atoms with E-state index in [-0.39, 0.29) is 0 Å². The molecular formula is C16H17N5. The predicted molar refractivity (Wildman–Crippen MR) is 84.7 cm³/mol. The molecule has 0 spiro atoms. The van der Waals surface area contributed by atoms with Crippen LogP contribution in [-0.4, -0.2) is 15.2 Å². The van der Waals surface area contributed by atoms with Crippen molar-refractivity contribution in [2.24, 2.45) is 0 Å². The number of nitrogen functional groups attached to an aromatic ring is 1. The molecule has 0 aliphatic rings. The molecule has 0 bridgehead atoms. The highest BCUT2D eigenvalue weighted by molar-refractivity contribution is 5.73. The van der Waals surface area contributed by atoms with Gasteiger partial charge in [0.15, 0.2) is 5.82 Å². The van der Waals surface area contributed by atoms with Crippen LogP contribution in [0.25, 0.3) is 11.4 Å². The Morgan fingerprint density at radius 3 is 2.62 bits per heavy atom. The lowest BCUT2D eigenvalue weighted by Gasteiger charge is -2.11. The van der Waals surface area contributed by atoms with E-state index >= 15 is 0 Å². The van der Waals surface area contributed by atoms with Crippen LogP contribution in [0.3, 0.4) is 0 Å². The number of benzene rings is 2. The Balaban J connectivity index is 1.85. The molecule has 2 aromatic carbocycles. The van der Waals surface area contributed by atoms with Crippen LogP contribution in [0.15, 0.2) is 48.5 Å². The van der Waals surface area contributed by atoms with Crippen molar-refractivity contribution in [2.45, 2.75) is 13.5 Å². The fourth-order valence-corrected chi connectivity index (χ4v) is 2.18. The van der Waals surface area contributed by atoms with Crippen LogP contribution < -0.4 is 11.1 Å². The third-order valence-corrected chi connectivity index (χ3v) is 3.29. The van der Waals surface area contributed by atoms with E-state index in [0.29, 0.717) is 12.4 Å². The van der Waals surface area contributed by atoms with Crippen LogP contribution >= 0.6 is 0 Å². The Labute approximate surface area is 123 Å². The van der Waals surface area contributed by atoms with Gasteiger partial charge >= 0.3 is 0 Å². The predicted octanol–water partition coefficient (Wildman–Crippen LogP) is 2.97. The summed E-state index contributed by atoms with van der Waals surface area (Å²) in [4.78, 5) is 4.38. The van der Waals surface area contributed by atoms with Crippen LogP contribution in [-0.2, 0) is 6.54 Å². The number of hydrogen-bond donors (Lipinski definition) is 3. The zero-order chi connectivity index (χ0) is 14.7. The number of aryl methyl sites for hydroxylation is 1. The van der Waals surface area contributed by atoms with Crippen LogP contribution in [0, 0.1) is 6.92 Å². The smallest absolute Gasteiger partial charge is 0.183 e. The van der Waals surface area contributed by atoms with Crippen molar-refractivity contribution in [3.8, 4) is 11.4 Å². The van der Waals surface area contributed by atoms with E-state index in [1.165, 1.54) is 0 Å². The summed E-state index contributed by atoms with van der Waals surface area (Å²) in [6.45, 7) is 2.55. The first-order valence-corrected chi connectivity index (χ1v) is 6.79. The normalized spacial score (nSPS) is 10.5. The minimum atomic E-state index is 0.660. The number of nitrogens with one attached hydrogen (secondary N) is 2. The summed E-state index contributed by atoms with van der Waals surface area (Å²) in [5.74, 6) is 1.49. The first-order chi connectivity index (χ1) is 10.2. The quantitative estimate of drug-likeness (QED) is 0.641. The van der Waals surface area contributed by atoms with Gasteiger partial charge in [-0.05, 0) is 30.7 Å². The average molecular weight is 279 g/mol. The Morgan fingerprint density at radius 1 is 1.10 bits per heavy atom. The molecule has 0 saturated heterocycles. The number of nitrogens with zero attached hydrogens (tertiary/aromatic N) is 2. The highest BCUT2D eigenvalue weighted by Gasteiger charge is 2.09. The Hall–Kier alpha value is -2.82. The third-order valence-electron chi connectivity index (χ3n) is 3.29. The summed E-state index contributed by atoms with van der Waals surface area (Å²) < 4.78 is 0. The number of rotatable bonds is 4. The van der Waals surface area contributed by atoms with E-state index < -0.39 is 0 Å². The standard InChI is InChI=1S/C16H17N5/c1-11-19-16(21-20-11)13-7-3-5-9-15(13)18-10-12-6-2-4-8-14(12)17/h2-9,18H,10,17H2,1H3,(H,19,20,21). The van der Waals surface area contributed by atoms with Crippen molar-refractivity contribution in [2.75, 3.05) is 11.1 Å². The van der Waals surface area contributed by atoms with Gasteiger partial charge in [-0.25, -0.2) is 4.98 Å². The summed E-state index contributed by atoms with van der Waals surface area (Å²) in [7, 11) is 0. The Morgan fingerprint density at radius 2 is 1.86 bits per heavy atom. The first-order valence-electron chi connectivity index (χ1n) is 6.79. The van der Waals surface area contributed by atoms with Gasteiger partial charge < -0.3 is 11.1 Å². The fraction of sp³-hybridized carbons (Fsp3) is 0.125. The molecule has 106 valence electrons. The maximum atomic E-state index is 5.97. The van der Waals surface area contributed by atoms with Crippen molar-refractivity contribution in [3.63, 3.8) is 0 Å². The van der Waals surface area contributed by atoms with Crippen molar-refractivity contribution >= 4 is 11.4 Å². The van der Waals surface area contributed by atoms with Gasteiger partial charge in [0, 0.05) is 23.5 Å². The van der Waals surface area contributed by atoms with Gasteiger partial charge in [0.2, 0.25) is 0 Å². The van der Waals surface area contributed by atoms with Crippen molar-refractivity contribution in [1.82, 2.24) is 15.2 Å². The highest BCUT2D eigenvalue weighted by atomic mass is 15.2. The van der Waals surface area contributed by atoms with Gasteiger partial charge in [-0.3, -0.25) is 5.10 Å². The van der Waals surface area contributed by atoms with E-state index in [4.69, 9.17) is 5.73 Å². The molecule has 5 heteroatoms. The average Bonchev–Trinajstić information content (AvgIpc) is 2.93. The van der Waals surface area contributed by atoms with Gasteiger partial charge in [0.25, 0.3) is 0 Å². The molecular weight excluding hydrogens is 262 g/mol. The van der Waals surface area contributed by atoms with Gasteiger partial charge in [-0.2, -0.15) is 5.10 Å². The fourth-order valence-electron chi connectivity index (χ4n) is 2.18. The summed E-state index contributed by atoms with van der Waals surface area (Å²) in [6.07, 6.45) is 0. The molecule has 0 fully saturated rings. The van der Waals surface area contributed by atoms with Gasteiger partial charge in [-0.1, -0.05) is 30.3 Å². The Kier molecular flexibility index (Phi) is 3.55. The molecule has 0 amide bonds. The van der Waals surface area contributed by atoms with Gasteiger partial charge in [-0.15, -0.1) is 0 Å². The number of anilines is 2. The summed E-state index contributed by atoms with van der Waals surface area (Å²) in [5, 5.41) is 10.5. The van der Waals surface area contributed by atoms with Crippen LogP contribution in [0.1, 0.15) is 11.4 Å². The molecule has 0 aliphatic heterocycles. The molecule has 4 N–H and O–H groups in total. The van der Waals surface area contributed by atoms with Gasteiger partial charge in [0.1, 0.15) is 5.82 Å². The number of aromatic nitrogens is 3. The van der Waals surface area contributed by atoms with Gasteiger partial charge in [0.05, 0.1) is 0 Å². The summed E-state index contributed by atoms with van der Waals surface area (Å²) >= 11 is 0. The molecule has 0 aliphatic carbocycles. The number of nitrogens with two attached hydrogens (primary N) is 1. The van der Waals surface area contributed by atoms with Crippen molar-refractivity contribution < 1.29 is 0 Å². The van der Waals surface area contributed by atoms with E-state index in [2.05, 4.69) is 20.5 Å². The number of aromatic amines is 1. The molecule has 21 heavy (non-hydrogen) atoms. The lowest BCUT2D eigenvalue weighted by molar-refractivity contribution is 1.04. The van der Waals surface area contributed by atoms with Crippen LogP contribution in [0.2, 0.25) is 0 Å². The summed E-state index contributed by atoms with van der Waals surface area (Å²) in [6, 6.07) is 15.8. The maximum absolute atomic E-state index is 5.97. The second-order valence-corrected chi connectivity index (χ2v) is 4.84. The topological polar surface area (TPSA) is 79.6 Å². The molecule has 0 unspecified atom stereocenters. The SMILES string of the molecule is Cc1nc(-c2ccccc2NCc2ccccc2N)n[nH]1. The lowest BCUT2D eigenvalue weighted by Crippen LogP contribution is -2.04. The largest absolute Gasteiger partial charge is 0.398 e. The molecule has 3 rings (SSSR count). The summed E-state index contributed by atoms with van der Waals surface area (Å²) in [5.41, 5.74) is 9.78. The molecule has 0 saturated carbocycles. The molecule has 0 radical (unpaired) electrons. The third kappa shape index (κ3) is 2.86. The zero-order valence-electron chi connectivity index (χ0n) is 11.8. The molecule has 5 nitrogen and oxygen atoms in total. The highest BCUT2D eigenvalue weighted by Crippen LogP contribution is 2.25. The van der Waals surface area contributed by atoms with Crippen LogP contribution in [0.4, 0.5) is 11.4 Å². The Bertz CT molecular complexity index is 748. The van der Waals surface area contributed by atoms with E-state index in [1.54, 1.807) is 0 Å². The second kappa shape index (κ2) is 5.66. The number of para-hydroxylation sites is 2. The minimum Gasteiger partial charge on any atom is -0.398 e. The monoisotopic (exact) mass is 279 g/mol. The molecule has 1 heterocycles. The number of hydrogen-bond acceptors (Lipinski definition) is 4. The second-order valence-electron chi connectivity index (χ2n) is 4.84. The van der Waals surface area contributed by atoms with Crippen molar-refractivity contribution in [3.05, 3.63) is 59.9 Å². The van der Waals surface area contributed by atoms with E-state index in [9.17, 15) is 0 Å². The maximum Gasteiger partial charge on any atom is 0.183 e. The van der Waals surface area contributed by atoms with Crippen molar-refractivity contribution in [1.29, 1.82) is 0 Å². The van der Waals surface area contributed by atoms with E-state index in [1.807, 2.05) is 55.5 Å².